The SMILES string of the molecule is COC(=O)c1cc2c(s1)CCOc1cccnc1-2. The van der Waals surface area contributed by atoms with Gasteiger partial charge in [0.1, 0.15) is 16.3 Å². The van der Waals surface area contributed by atoms with E-state index in [4.69, 9.17) is 9.47 Å². The molecule has 1 aliphatic rings. The van der Waals surface area contributed by atoms with Crippen LogP contribution in [0.2, 0.25) is 0 Å². The summed E-state index contributed by atoms with van der Waals surface area (Å²) in [6.45, 7) is 0.604. The van der Waals surface area contributed by atoms with Crippen molar-refractivity contribution in [1.82, 2.24) is 4.98 Å². The number of ether oxygens (including phenoxy) is 2. The first kappa shape index (κ1) is 11.2. The summed E-state index contributed by atoms with van der Waals surface area (Å²) in [4.78, 5) is 17.6. The fraction of sp³-hybridized carbons (Fsp3) is 0.231. The molecule has 0 spiro atoms. The Kier molecular flexibility index (Phi) is 2.76. The Morgan fingerprint density at radius 1 is 1.56 bits per heavy atom. The molecule has 4 nitrogen and oxygen atoms in total. The lowest BCUT2D eigenvalue weighted by Crippen LogP contribution is -1.99. The second-order valence-electron chi connectivity index (χ2n) is 3.89. The van der Waals surface area contributed by atoms with Crippen LogP contribution in [0.25, 0.3) is 11.3 Å². The van der Waals surface area contributed by atoms with Crippen LogP contribution in [0.3, 0.4) is 0 Å². The first-order chi connectivity index (χ1) is 8.79. The molecule has 2 aromatic rings. The van der Waals surface area contributed by atoms with Crippen LogP contribution in [0.1, 0.15) is 14.5 Å². The summed E-state index contributed by atoms with van der Waals surface area (Å²) in [7, 11) is 1.39. The summed E-state index contributed by atoms with van der Waals surface area (Å²) in [6, 6.07) is 5.58. The third-order valence-electron chi connectivity index (χ3n) is 2.81. The van der Waals surface area contributed by atoms with Gasteiger partial charge in [-0.05, 0) is 18.2 Å². The molecular weight excluding hydrogens is 250 g/mol. The third-order valence-corrected chi connectivity index (χ3v) is 3.98. The first-order valence-electron chi connectivity index (χ1n) is 5.59. The molecule has 0 saturated carbocycles. The molecule has 5 heteroatoms. The van der Waals surface area contributed by atoms with E-state index >= 15 is 0 Å². The number of aromatic nitrogens is 1. The minimum Gasteiger partial charge on any atom is -0.491 e. The van der Waals surface area contributed by atoms with Crippen molar-refractivity contribution in [3.8, 4) is 17.0 Å². The van der Waals surface area contributed by atoms with Crippen LogP contribution in [-0.4, -0.2) is 24.7 Å². The highest BCUT2D eigenvalue weighted by Crippen LogP contribution is 2.38. The van der Waals surface area contributed by atoms with E-state index in [1.807, 2.05) is 18.2 Å². The summed E-state index contributed by atoms with van der Waals surface area (Å²) in [5.74, 6) is 0.469. The van der Waals surface area contributed by atoms with Crippen LogP contribution in [0, 0.1) is 0 Å². The standard InChI is InChI=1S/C13H11NO3S/c1-16-13(15)11-7-8-10(18-11)4-6-17-9-3-2-5-14-12(8)9/h2-3,5,7H,4,6H2,1H3. The molecule has 0 atom stereocenters. The molecule has 0 unspecified atom stereocenters. The van der Waals surface area contributed by atoms with Gasteiger partial charge in [-0.2, -0.15) is 0 Å². The van der Waals surface area contributed by atoms with E-state index in [1.165, 1.54) is 18.4 Å². The highest BCUT2D eigenvalue weighted by molar-refractivity contribution is 7.14. The van der Waals surface area contributed by atoms with Crippen LogP contribution in [0.4, 0.5) is 0 Å². The van der Waals surface area contributed by atoms with Crippen molar-refractivity contribution in [3.63, 3.8) is 0 Å². The maximum absolute atomic E-state index is 11.6. The largest absolute Gasteiger partial charge is 0.491 e. The van der Waals surface area contributed by atoms with E-state index in [0.29, 0.717) is 11.5 Å². The van der Waals surface area contributed by atoms with Crippen LogP contribution in [0.15, 0.2) is 24.4 Å². The summed E-state index contributed by atoms with van der Waals surface area (Å²) in [6.07, 6.45) is 2.51. The molecule has 0 aromatic carbocycles. The maximum atomic E-state index is 11.6. The summed E-state index contributed by atoms with van der Waals surface area (Å²) < 4.78 is 10.4. The van der Waals surface area contributed by atoms with E-state index in [9.17, 15) is 4.79 Å². The average molecular weight is 261 g/mol. The van der Waals surface area contributed by atoms with Gasteiger partial charge in [0.05, 0.1) is 13.7 Å². The van der Waals surface area contributed by atoms with E-state index in [0.717, 1.165) is 28.3 Å². The quantitative estimate of drug-likeness (QED) is 0.740. The van der Waals surface area contributed by atoms with Gasteiger partial charge in [0.2, 0.25) is 0 Å². The zero-order valence-electron chi connectivity index (χ0n) is 9.80. The predicted octanol–water partition coefficient (Wildman–Crippen LogP) is 2.53. The number of esters is 1. The van der Waals surface area contributed by atoms with E-state index < -0.39 is 0 Å². The van der Waals surface area contributed by atoms with E-state index in [1.54, 1.807) is 6.20 Å². The van der Waals surface area contributed by atoms with Crippen LogP contribution in [-0.2, 0) is 11.2 Å². The minimum atomic E-state index is -0.300. The Balaban J connectivity index is 2.15. The van der Waals surface area contributed by atoms with Crippen molar-refractivity contribution in [1.29, 1.82) is 0 Å². The minimum absolute atomic E-state index is 0.300. The van der Waals surface area contributed by atoms with Crippen LogP contribution >= 0.6 is 11.3 Å². The molecule has 0 N–H and O–H groups in total. The van der Waals surface area contributed by atoms with Gasteiger partial charge in [0.15, 0.2) is 0 Å². The molecule has 0 amide bonds. The topological polar surface area (TPSA) is 48.4 Å². The van der Waals surface area contributed by atoms with Gasteiger partial charge in [-0.1, -0.05) is 0 Å². The van der Waals surface area contributed by atoms with Crippen molar-refractivity contribution < 1.29 is 14.3 Å². The monoisotopic (exact) mass is 261 g/mol. The lowest BCUT2D eigenvalue weighted by Gasteiger charge is -2.04. The number of thiophene rings is 1. The number of hydrogen-bond donors (Lipinski definition) is 0. The van der Waals surface area contributed by atoms with Crippen LogP contribution in [0.5, 0.6) is 5.75 Å². The second kappa shape index (κ2) is 4.42. The van der Waals surface area contributed by atoms with Crippen molar-refractivity contribution in [2.45, 2.75) is 6.42 Å². The predicted molar refractivity (Wildman–Crippen MR) is 68.1 cm³/mol. The molecule has 3 rings (SSSR count). The van der Waals surface area contributed by atoms with Crippen molar-refractivity contribution >= 4 is 17.3 Å². The lowest BCUT2D eigenvalue weighted by molar-refractivity contribution is 0.0606. The van der Waals surface area contributed by atoms with Crippen molar-refractivity contribution in [3.05, 3.63) is 34.2 Å². The Hall–Kier alpha value is -1.88. The number of fused-ring (bicyclic) bond motifs is 3. The zero-order valence-corrected chi connectivity index (χ0v) is 10.6. The number of hydrogen-bond acceptors (Lipinski definition) is 5. The van der Waals surface area contributed by atoms with E-state index in [-0.39, 0.29) is 5.97 Å². The highest BCUT2D eigenvalue weighted by Gasteiger charge is 2.21. The lowest BCUT2D eigenvalue weighted by atomic mass is 10.1. The number of nitrogens with zero attached hydrogens (tertiary/aromatic N) is 1. The molecule has 1 aliphatic heterocycles. The fourth-order valence-corrected chi connectivity index (χ4v) is 3.04. The average Bonchev–Trinajstić information content (AvgIpc) is 2.75. The molecule has 0 aliphatic carbocycles. The van der Waals surface area contributed by atoms with E-state index in [2.05, 4.69) is 4.98 Å². The van der Waals surface area contributed by atoms with Gasteiger partial charge in [0, 0.05) is 23.1 Å². The zero-order chi connectivity index (χ0) is 12.5. The fourth-order valence-electron chi connectivity index (χ4n) is 1.98. The molecule has 92 valence electrons. The Morgan fingerprint density at radius 2 is 2.44 bits per heavy atom. The molecule has 0 bridgehead atoms. The van der Waals surface area contributed by atoms with Gasteiger partial charge in [-0.15, -0.1) is 11.3 Å². The first-order valence-corrected chi connectivity index (χ1v) is 6.40. The Labute approximate surface area is 108 Å². The number of carbonyl (C=O) groups is 1. The van der Waals surface area contributed by atoms with Gasteiger partial charge < -0.3 is 9.47 Å². The molecule has 3 heterocycles. The molecule has 0 fully saturated rings. The number of pyridine rings is 1. The van der Waals surface area contributed by atoms with Gasteiger partial charge in [-0.25, -0.2) is 4.79 Å². The normalized spacial score (nSPS) is 12.9. The van der Waals surface area contributed by atoms with Gasteiger partial charge in [0.25, 0.3) is 0 Å². The molecule has 2 aromatic heterocycles. The maximum Gasteiger partial charge on any atom is 0.348 e. The molecule has 18 heavy (non-hydrogen) atoms. The van der Waals surface area contributed by atoms with Gasteiger partial charge in [-0.3, -0.25) is 4.98 Å². The molecular formula is C13H11NO3S. The number of carbonyl (C=O) groups excluding carboxylic acids is 1. The smallest absolute Gasteiger partial charge is 0.348 e. The third kappa shape index (κ3) is 1.76. The van der Waals surface area contributed by atoms with Crippen molar-refractivity contribution in [2.24, 2.45) is 0 Å². The number of methoxy groups -OCH3 is 1. The Bertz CT molecular complexity index is 606. The summed E-state index contributed by atoms with van der Waals surface area (Å²) >= 11 is 1.45. The summed E-state index contributed by atoms with van der Waals surface area (Å²) in [5, 5.41) is 0. The van der Waals surface area contributed by atoms with Gasteiger partial charge >= 0.3 is 5.97 Å². The highest BCUT2D eigenvalue weighted by atomic mass is 32.1. The molecule has 0 saturated heterocycles. The summed E-state index contributed by atoms with van der Waals surface area (Å²) in [5.41, 5.74) is 1.78. The second-order valence-corrected chi connectivity index (χ2v) is 5.02. The number of rotatable bonds is 1. The Morgan fingerprint density at radius 3 is 3.28 bits per heavy atom. The van der Waals surface area contributed by atoms with Crippen LogP contribution < -0.4 is 4.74 Å². The van der Waals surface area contributed by atoms with Crippen molar-refractivity contribution in [2.75, 3.05) is 13.7 Å². The molecule has 0 radical (unpaired) electrons.